The molecular formula is C11H18N4O2. The number of rotatable bonds is 4. The van der Waals surface area contributed by atoms with Crippen molar-refractivity contribution < 1.29 is 9.53 Å². The maximum absolute atomic E-state index is 10.9. The fraction of sp³-hybridized carbons (Fsp3) is 0.455. The van der Waals surface area contributed by atoms with E-state index in [-0.39, 0.29) is 12.1 Å². The number of likely N-dealkylation sites (tertiary alicyclic amines) is 1. The van der Waals surface area contributed by atoms with Crippen LogP contribution in [-0.4, -0.2) is 36.3 Å². The first-order valence-corrected chi connectivity index (χ1v) is 5.44. The predicted molar refractivity (Wildman–Crippen MR) is 66.2 cm³/mol. The Hall–Kier alpha value is -1.98. The van der Waals surface area contributed by atoms with Gasteiger partial charge in [-0.15, -0.1) is 0 Å². The summed E-state index contributed by atoms with van der Waals surface area (Å²) in [6.07, 6.45) is 6.00. The third kappa shape index (κ3) is 4.58. The maximum Gasteiger partial charge on any atom is 0.314 e. The highest BCUT2D eigenvalue weighted by Crippen LogP contribution is 2.16. The van der Waals surface area contributed by atoms with E-state index in [9.17, 15) is 4.79 Å². The van der Waals surface area contributed by atoms with Crippen molar-refractivity contribution in [2.75, 3.05) is 13.1 Å². The molecule has 0 unspecified atom stereocenters. The van der Waals surface area contributed by atoms with Gasteiger partial charge >= 0.3 is 6.03 Å². The number of hydrogen-bond donors (Lipinski definition) is 2. The second-order valence-electron chi connectivity index (χ2n) is 3.70. The summed E-state index contributed by atoms with van der Waals surface area (Å²) in [5.41, 5.74) is 10.3. The SMILES string of the molecule is C=C(N=C/C=C\N)OC1CCN(C(N)=O)CC1. The summed E-state index contributed by atoms with van der Waals surface area (Å²) in [6.45, 7) is 4.90. The summed E-state index contributed by atoms with van der Waals surface area (Å²) >= 11 is 0. The van der Waals surface area contributed by atoms with Crippen LogP contribution in [0.4, 0.5) is 4.79 Å². The monoisotopic (exact) mass is 238 g/mol. The zero-order valence-electron chi connectivity index (χ0n) is 9.71. The summed E-state index contributed by atoms with van der Waals surface area (Å²) < 4.78 is 5.52. The molecular weight excluding hydrogens is 220 g/mol. The Kier molecular flexibility index (Phi) is 5.06. The van der Waals surface area contributed by atoms with Gasteiger partial charge in [0, 0.05) is 32.1 Å². The molecule has 6 heteroatoms. The van der Waals surface area contributed by atoms with Crippen LogP contribution < -0.4 is 11.5 Å². The molecule has 0 bridgehead atoms. The fourth-order valence-electron chi connectivity index (χ4n) is 1.59. The van der Waals surface area contributed by atoms with Crippen LogP contribution in [-0.2, 0) is 4.74 Å². The summed E-state index contributed by atoms with van der Waals surface area (Å²) in [7, 11) is 0. The fourth-order valence-corrected chi connectivity index (χ4v) is 1.59. The van der Waals surface area contributed by atoms with E-state index < -0.39 is 0 Å². The van der Waals surface area contributed by atoms with Crippen molar-refractivity contribution >= 4 is 12.2 Å². The van der Waals surface area contributed by atoms with Crippen LogP contribution in [0.5, 0.6) is 0 Å². The average Bonchev–Trinajstić information content (AvgIpc) is 2.30. The Morgan fingerprint density at radius 3 is 2.65 bits per heavy atom. The lowest BCUT2D eigenvalue weighted by molar-refractivity contribution is 0.0613. The second kappa shape index (κ2) is 6.57. The number of primary amides is 1. The largest absolute Gasteiger partial charge is 0.475 e. The normalized spacial score (nSPS) is 17.8. The highest BCUT2D eigenvalue weighted by atomic mass is 16.5. The van der Waals surface area contributed by atoms with Crippen LogP contribution >= 0.6 is 0 Å². The van der Waals surface area contributed by atoms with Gasteiger partial charge in [-0.2, -0.15) is 0 Å². The minimum absolute atomic E-state index is 0.0390. The van der Waals surface area contributed by atoms with Crippen molar-refractivity contribution in [2.45, 2.75) is 18.9 Å². The van der Waals surface area contributed by atoms with Gasteiger partial charge in [0.05, 0.1) is 0 Å². The molecule has 0 spiro atoms. The van der Waals surface area contributed by atoms with Crippen LogP contribution in [0, 0.1) is 0 Å². The highest BCUT2D eigenvalue weighted by Gasteiger charge is 2.22. The van der Waals surface area contributed by atoms with E-state index in [0.717, 1.165) is 12.8 Å². The zero-order chi connectivity index (χ0) is 12.7. The summed E-state index contributed by atoms with van der Waals surface area (Å²) in [6, 6.07) is -0.381. The highest BCUT2D eigenvalue weighted by molar-refractivity contribution is 5.72. The number of nitrogens with two attached hydrogens (primary N) is 2. The second-order valence-corrected chi connectivity index (χ2v) is 3.70. The first kappa shape index (κ1) is 13.1. The molecule has 1 fully saturated rings. The summed E-state index contributed by atoms with van der Waals surface area (Å²) in [5, 5.41) is 0. The lowest BCUT2D eigenvalue weighted by Gasteiger charge is -2.30. The van der Waals surface area contributed by atoms with E-state index in [1.165, 1.54) is 12.4 Å². The van der Waals surface area contributed by atoms with Crippen molar-refractivity contribution in [3.05, 3.63) is 24.7 Å². The molecule has 0 aliphatic carbocycles. The average molecular weight is 238 g/mol. The van der Waals surface area contributed by atoms with Gasteiger partial charge in [0.1, 0.15) is 6.10 Å². The van der Waals surface area contributed by atoms with E-state index >= 15 is 0 Å². The molecule has 0 radical (unpaired) electrons. The van der Waals surface area contributed by atoms with Gasteiger partial charge in [-0.1, -0.05) is 0 Å². The maximum atomic E-state index is 10.9. The molecule has 2 amide bonds. The number of nitrogens with zero attached hydrogens (tertiary/aromatic N) is 2. The minimum Gasteiger partial charge on any atom is -0.475 e. The molecule has 1 aliphatic heterocycles. The number of ether oxygens (including phenoxy) is 1. The standard InChI is InChI=1S/C11H18N4O2/c1-9(14-6-2-5-12)17-10-3-7-15(8-4-10)11(13)16/h2,5-6,10H,1,3-4,7-8,12H2,(H2,13,16)/b5-2-,14-6?. The molecule has 0 aromatic heterocycles. The lowest BCUT2D eigenvalue weighted by Crippen LogP contribution is -2.43. The van der Waals surface area contributed by atoms with Gasteiger partial charge in [0.25, 0.3) is 0 Å². The van der Waals surface area contributed by atoms with Gasteiger partial charge in [-0.25, -0.2) is 9.79 Å². The van der Waals surface area contributed by atoms with E-state index in [0.29, 0.717) is 19.0 Å². The van der Waals surface area contributed by atoms with Crippen LogP contribution in [0.2, 0.25) is 0 Å². The Morgan fingerprint density at radius 2 is 2.12 bits per heavy atom. The van der Waals surface area contributed by atoms with E-state index in [4.69, 9.17) is 16.2 Å². The summed E-state index contributed by atoms with van der Waals surface area (Å²) in [4.78, 5) is 16.5. The predicted octanol–water partition coefficient (Wildman–Crippen LogP) is 0.561. The molecule has 1 rings (SSSR count). The third-order valence-electron chi connectivity index (χ3n) is 2.47. The zero-order valence-corrected chi connectivity index (χ0v) is 9.71. The minimum atomic E-state index is -0.381. The Labute approximate surface area is 101 Å². The Bertz CT molecular complexity index is 330. The quantitative estimate of drug-likeness (QED) is 0.553. The molecule has 4 N–H and O–H groups in total. The van der Waals surface area contributed by atoms with Crippen molar-refractivity contribution in [2.24, 2.45) is 16.5 Å². The number of carbonyl (C=O) groups is 1. The van der Waals surface area contributed by atoms with Crippen molar-refractivity contribution in [3.8, 4) is 0 Å². The van der Waals surface area contributed by atoms with Crippen LogP contribution in [0.25, 0.3) is 0 Å². The topological polar surface area (TPSA) is 93.9 Å². The smallest absolute Gasteiger partial charge is 0.314 e. The first-order chi connectivity index (χ1) is 8.13. The molecule has 1 saturated heterocycles. The van der Waals surface area contributed by atoms with Crippen molar-refractivity contribution in [3.63, 3.8) is 0 Å². The molecule has 1 aliphatic rings. The Balaban J connectivity index is 2.30. The molecule has 17 heavy (non-hydrogen) atoms. The van der Waals surface area contributed by atoms with Crippen LogP contribution in [0.3, 0.4) is 0 Å². The molecule has 1 heterocycles. The van der Waals surface area contributed by atoms with Crippen LogP contribution in [0.15, 0.2) is 29.7 Å². The molecule has 0 atom stereocenters. The van der Waals surface area contributed by atoms with Gasteiger partial charge in [-0.05, 0) is 18.9 Å². The number of amides is 2. The van der Waals surface area contributed by atoms with Crippen LogP contribution in [0.1, 0.15) is 12.8 Å². The first-order valence-electron chi connectivity index (χ1n) is 5.44. The van der Waals surface area contributed by atoms with E-state index in [1.54, 1.807) is 11.0 Å². The molecule has 0 aromatic carbocycles. The number of carbonyl (C=O) groups excluding carboxylic acids is 1. The summed E-state index contributed by atoms with van der Waals surface area (Å²) in [5.74, 6) is 0.348. The van der Waals surface area contributed by atoms with E-state index in [1.807, 2.05) is 0 Å². The van der Waals surface area contributed by atoms with E-state index in [2.05, 4.69) is 11.6 Å². The number of piperidine rings is 1. The van der Waals surface area contributed by atoms with Crippen molar-refractivity contribution in [1.29, 1.82) is 0 Å². The van der Waals surface area contributed by atoms with Gasteiger partial charge in [0.2, 0.25) is 5.88 Å². The third-order valence-corrected chi connectivity index (χ3v) is 2.47. The van der Waals surface area contributed by atoms with Crippen molar-refractivity contribution in [1.82, 2.24) is 4.90 Å². The van der Waals surface area contributed by atoms with Gasteiger partial charge in [0.15, 0.2) is 0 Å². The number of allylic oxidation sites excluding steroid dienone is 1. The Morgan fingerprint density at radius 1 is 1.47 bits per heavy atom. The van der Waals surface area contributed by atoms with Gasteiger partial charge in [-0.3, -0.25) is 0 Å². The number of hydrogen-bond acceptors (Lipinski definition) is 4. The number of aliphatic imine (C=N–C) groups is 1. The molecule has 94 valence electrons. The molecule has 6 nitrogen and oxygen atoms in total. The van der Waals surface area contributed by atoms with Gasteiger partial charge < -0.3 is 21.1 Å². The lowest BCUT2D eigenvalue weighted by atomic mass is 10.1. The molecule has 0 saturated carbocycles. The molecule has 0 aromatic rings. The number of urea groups is 1.